The number of amides is 1. The molecule has 0 saturated heterocycles. The van der Waals surface area contributed by atoms with E-state index in [1.807, 2.05) is 48.5 Å². The highest BCUT2D eigenvalue weighted by molar-refractivity contribution is 5.97. The summed E-state index contributed by atoms with van der Waals surface area (Å²) in [4.78, 5) is 37.6. The van der Waals surface area contributed by atoms with Crippen LogP contribution in [0.5, 0.6) is 23.0 Å². The number of esters is 2. The molecule has 13 nitrogen and oxygen atoms in total. The van der Waals surface area contributed by atoms with Gasteiger partial charge in [-0.1, -0.05) is 53.7 Å². The Morgan fingerprint density at radius 2 is 1.69 bits per heavy atom. The molecule has 13 heteroatoms. The number of rotatable bonds is 12. The molecule has 1 amide bonds. The highest BCUT2D eigenvalue weighted by atomic mass is 16.6. The fourth-order valence-corrected chi connectivity index (χ4v) is 6.33. The maximum absolute atomic E-state index is 13.0. The van der Waals surface area contributed by atoms with Gasteiger partial charge in [-0.2, -0.15) is 0 Å². The predicted octanol–water partition coefficient (Wildman–Crippen LogP) is 5.77. The fraction of sp³-hybridized carbons (Fsp3) is 0.237. The summed E-state index contributed by atoms with van der Waals surface area (Å²) in [5.41, 5.74) is 2.57. The van der Waals surface area contributed by atoms with E-state index in [0.29, 0.717) is 71.0 Å². The number of ether oxygens (including phenoxy) is 5. The van der Waals surface area contributed by atoms with Crippen LogP contribution in [-0.4, -0.2) is 51.3 Å². The lowest BCUT2D eigenvalue weighted by Gasteiger charge is -2.36. The van der Waals surface area contributed by atoms with E-state index in [-0.39, 0.29) is 19.0 Å². The summed E-state index contributed by atoms with van der Waals surface area (Å²) in [7, 11) is 1.27. The minimum atomic E-state index is -1.25. The van der Waals surface area contributed by atoms with Crippen molar-refractivity contribution >= 4 is 18.0 Å². The summed E-state index contributed by atoms with van der Waals surface area (Å²) in [6, 6.07) is 25.7. The van der Waals surface area contributed by atoms with Crippen LogP contribution in [0.15, 0.2) is 97.2 Å². The van der Waals surface area contributed by atoms with Gasteiger partial charge in [-0.3, -0.25) is 4.68 Å². The van der Waals surface area contributed by atoms with E-state index in [0.717, 1.165) is 5.56 Å². The largest absolute Gasteiger partial charge is 0.508 e. The topological polar surface area (TPSA) is 160 Å². The number of carbonyl (C=O) groups excluding carboxylic acids is 3. The molecule has 4 aromatic carbocycles. The molecule has 2 aliphatic heterocycles. The molecule has 3 heterocycles. The first-order valence-corrected chi connectivity index (χ1v) is 16.4. The van der Waals surface area contributed by atoms with Crippen molar-refractivity contribution in [2.24, 2.45) is 0 Å². The van der Waals surface area contributed by atoms with Crippen molar-refractivity contribution in [3.05, 3.63) is 131 Å². The molecular weight excluding hydrogens is 656 g/mol. The molecule has 260 valence electrons. The Morgan fingerprint density at radius 3 is 2.51 bits per heavy atom. The van der Waals surface area contributed by atoms with Crippen molar-refractivity contribution in [3.8, 4) is 23.0 Å². The molecular formula is C38H34N4O9. The first-order chi connectivity index (χ1) is 24.8. The van der Waals surface area contributed by atoms with Crippen LogP contribution in [0.25, 0.3) is 0 Å². The van der Waals surface area contributed by atoms with Crippen LogP contribution in [0.3, 0.4) is 0 Å². The summed E-state index contributed by atoms with van der Waals surface area (Å²) in [5.74, 6) is 0.292. The zero-order valence-corrected chi connectivity index (χ0v) is 27.6. The van der Waals surface area contributed by atoms with Gasteiger partial charge in [0.05, 0.1) is 18.9 Å². The van der Waals surface area contributed by atoms with E-state index in [1.54, 1.807) is 41.2 Å². The molecule has 2 atom stereocenters. The Bertz CT molecular complexity index is 2080. The number of methoxy groups -OCH3 is 1. The van der Waals surface area contributed by atoms with Crippen LogP contribution in [0.4, 0.5) is 4.79 Å². The summed E-state index contributed by atoms with van der Waals surface area (Å²) in [6.07, 6.45) is 2.69. The van der Waals surface area contributed by atoms with E-state index >= 15 is 0 Å². The van der Waals surface area contributed by atoms with Crippen molar-refractivity contribution in [2.45, 2.75) is 50.7 Å². The third-order valence-corrected chi connectivity index (χ3v) is 8.76. The maximum atomic E-state index is 13.0. The Kier molecular flexibility index (Phi) is 9.25. The molecule has 7 rings (SSSR count). The number of nitrogens with one attached hydrogen (secondary N) is 1. The lowest BCUT2D eigenvalue weighted by molar-refractivity contribution is -0.143. The molecule has 5 aromatic rings. The van der Waals surface area contributed by atoms with Gasteiger partial charge in [0.2, 0.25) is 0 Å². The van der Waals surface area contributed by atoms with Gasteiger partial charge in [-0.15, -0.1) is 5.10 Å². The van der Waals surface area contributed by atoms with E-state index < -0.39 is 29.7 Å². The smallest absolute Gasteiger partial charge is 0.408 e. The van der Waals surface area contributed by atoms with Crippen LogP contribution in [0.2, 0.25) is 0 Å². The highest BCUT2D eigenvalue weighted by Gasteiger charge is 2.53. The molecule has 0 radical (unpaired) electrons. The number of carbonyl (C=O) groups is 3. The van der Waals surface area contributed by atoms with Gasteiger partial charge < -0.3 is 34.1 Å². The Balaban J connectivity index is 0.952. The van der Waals surface area contributed by atoms with Gasteiger partial charge in [-0.25, -0.2) is 14.4 Å². The summed E-state index contributed by atoms with van der Waals surface area (Å²) in [6.45, 7) is 0.741. The number of aryl methyl sites for hydroxylation is 1. The summed E-state index contributed by atoms with van der Waals surface area (Å²) < 4.78 is 30.2. The number of nitrogens with zero attached hydrogens (tertiary/aromatic N) is 3. The first kappa shape index (κ1) is 33.1. The second-order valence-electron chi connectivity index (χ2n) is 12.1. The van der Waals surface area contributed by atoms with Gasteiger partial charge in [0.1, 0.15) is 47.9 Å². The lowest BCUT2D eigenvalue weighted by Crippen LogP contribution is -2.41. The van der Waals surface area contributed by atoms with Gasteiger partial charge >= 0.3 is 18.0 Å². The van der Waals surface area contributed by atoms with Gasteiger partial charge in [0, 0.05) is 35.4 Å². The monoisotopic (exact) mass is 690 g/mol. The Morgan fingerprint density at radius 1 is 0.922 bits per heavy atom. The van der Waals surface area contributed by atoms with Crippen LogP contribution in [-0.2, 0) is 44.4 Å². The van der Waals surface area contributed by atoms with Crippen molar-refractivity contribution < 1.29 is 43.2 Å². The zero-order chi connectivity index (χ0) is 35.4. The molecule has 0 fully saturated rings. The van der Waals surface area contributed by atoms with E-state index in [9.17, 15) is 19.5 Å². The zero-order valence-electron chi connectivity index (χ0n) is 27.6. The molecule has 1 spiro atoms. The van der Waals surface area contributed by atoms with Crippen molar-refractivity contribution in [1.29, 1.82) is 0 Å². The number of hydrogen-bond donors (Lipinski definition) is 2. The average Bonchev–Trinajstić information content (AvgIpc) is 3.73. The summed E-state index contributed by atoms with van der Waals surface area (Å²) in [5, 5.41) is 21.2. The maximum Gasteiger partial charge on any atom is 0.408 e. The molecule has 0 bridgehead atoms. The molecule has 51 heavy (non-hydrogen) atoms. The number of alkyl carbamates (subject to hydrolysis) is 1. The van der Waals surface area contributed by atoms with E-state index in [1.165, 1.54) is 19.2 Å². The van der Waals surface area contributed by atoms with Crippen molar-refractivity contribution in [2.75, 3.05) is 7.11 Å². The number of benzene rings is 4. The SMILES string of the molecule is COC(=O)[C@H](CCCCn1cc(COc2ccc3c(c2)Oc2cc(O)ccc2C32OC(=O)c3ccccc32)nn1)NC(=O)OCc1ccccc1. The number of aromatic hydroxyl groups is 1. The number of aromatic nitrogens is 3. The standard InChI is InChI=1S/C38H34N4O9/c1-47-36(45)32(39-37(46)49-22-24-9-3-2-4-10-24)13-7-8-18-42-21-25(40-41-42)23-48-27-15-17-31-34(20-27)50-33-19-26(43)14-16-30(33)38(31)29-12-6-5-11-28(29)35(44)51-38/h2-6,9-12,14-17,19-21,32,43H,7-8,13,18,22-23H2,1H3,(H,39,46)/t32-,38?/m0/s1. The van der Waals surface area contributed by atoms with Crippen LogP contribution >= 0.6 is 0 Å². The minimum Gasteiger partial charge on any atom is -0.508 e. The predicted molar refractivity (Wildman–Crippen MR) is 180 cm³/mol. The van der Waals surface area contributed by atoms with Gasteiger partial charge in [-0.05, 0) is 55.2 Å². The molecule has 0 saturated carbocycles. The average molecular weight is 691 g/mol. The second kappa shape index (κ2) is 14.2. The van der Waals surface area contributed by atoms with Gasteiger partial charge in [0.25, 0.3) is 0 Å². The fourth-order valence-electron chi connectivity index (χ4n) is 6.33. The lowest BCUT2D eigenvalue weighted by atomic mass is 9.77. The van der Waals surface area contributed by atoms with Crippen molar-refractivity contribution in [3.63, 3.8) is 0 Å². The highest BCUT2D eigenvalue weighted by Crippen LogP contribution is 2.57. The minimum absolute atomic E-state index is 0.0135. The van der Waals surface area contributed by atoms with Crippen LogP contribution in [0, 0.1) is 0 Å². The van der Waals surface area contributed by atoms with Crippen molar-refractivity contribution in [1.82, 2.24) is 20.3 Å². The normalized spacial score (nSPS) is 15.8. The molecule has 1 aromatic heterocycles. The second-order valence-corrected chi connectivity index (χ2v) is 12.1. The van der Waals surface area contributed by atoms with Crippen LogP contribution in [0.1, 0.15) is 57.6 Å². The van der Waals surface area contributed by atoms with E-state index in [4.69, 9.17) is 23.7 Å². The number of hydrogen-bond acceptors (Lipinski definition) is 11. The molecule has 2 N–H and O–H groups in total. The number of phenolic OH excluding ortho intramolecular Hbond substituents is 1. The van der Waals surface area contributed by atoms with E-state index in [2.05, 4.69) is 15.6 Å². The molecule has 0 aliphatic carbocycles. The third kappa shape index (κ3) is 6.78. The number of fused-ring (bicyclic) bond motifs is 6. The third-order valence-electron chi connectivity index (χ3n) is 8.76. The van der Waals surface area contributed by atoms with Crippen LogP contribution < -0.4 is 14.8 Å². The first-order valence-electron chi connectivity index (χ1n) is 16.4. The number of phenols is 1. The molecule has 1 unspecified atom stereocenters. The quantitative estimate of drug-likeness (QED) is 0.0930. The summed E-state index contributed by atoms with van der Waals surface area (Å²) >= 11 is 0. The molecule has 2 aliphatic rings. The Hall–Kier alpha value is -6.37. The number of unbranched alkanes of at least 4 members (excludes halogenated alkanes) is 1. The van der Waals surface area contributed by atoms with Gasteiger partial charge in [0.15, 0.2) is 5.60 Å². The Labute approximate surface area is 292 Å².